The summed E-state index contributed by atoms with van der Waals surface area (Å²) in [5.41, 5.74) is 6.13. The van der Waals surface area contributed by atoms with Crippen molar-refractivity contribution in [3.05, 3.63) is 95.7 Å². The molecule has 0 unspecified atom stereocenters. The first-order chi connectivity index (χ1) is 14.7. The smallest absolute Gasteiger partial charge is 0.256 e. The van der Waals surface area contributed by atoms with E-state index in [4.69, 9.17) is 0 Å². The van der Waals surface area contributed by atoms with Crippen LogP contribution in [0.15, 0.2) is 79.0 Å². The predicted molar refractivity (Wildman–Crippen MR) is 114 cm³/mol. The SMILES string of the molecule is N#Cc1ccccc1-n1cc(-c2ccc(C=C3C(=O)Nc4ccccc43)cc2)nn1. The Morgan fingerprint density at radius 3 is 2.57 bits per heavy atom. The molecule has 1 N–H and O–H groups in total. The maximum Gasteiger partial charge on any atom is 0.256 e. The third kappa shape index (κ3) is 3.05. The standard InChI is InChI=1S/C24H15N5O/c25-14-18-5-1-4-8-23(18)29-15-22(27-28-29)17-11-9-16(10-12-17)13-20-19-6-2-3-7-21(19)26-24(20)30/h1-13,15H,(H,26,30). The van der Waals surface area contributed by atoms with Gasteiger partial charge in [0.1, 0.15) is 11.8 Å². The van der Waals surface area contributed by atoms with Crippen LogP contribution in [0.3, 0.4) is 0 Å². The lowest BCUT2D eigenvalue weighted by Gasteiger charge is -2.02. The highest BCUT2D eigenvalue weighted by molar-refractivity contribution is 6.34. The van der Waals surface area contributed by atoms with E-state index in [-0.39, 0.29) is 5.91 Å². The Kier molecular flexibility index (Phi) is 4.19. The zero-order chi connectivity index (χ0) is 20.5. The van der Waals surface area contributed by atoms with Crippen LogP contribution < -0.4 is 5.32 Å². The molecule has 1 amide bonds. The largest absolute Gasteiger partial charge is 0.321 e. The second-order valence-electron chi connectivity index (χ2n) is 6.86. The molecular weight excluding hydrogens is 374 g/mol. The minimum atomic E-state index is -0.0978. The Labute approximate surface area is 172 Å². The molecule has 6 heteroatoms. The van der Waals surface area contributed by atoms with E-state index in [1.54, 1.807) is 16.9 Å². The first-order valence-electron chi connectivity index (χ1n) is 9.38. The summed E-state index contributed by atoms with van der Waals surface area (Å²) < 4.78 is 1.60. The maximum absolute atomic E-state index is 12.3. The minimum absolute atomic E-state index is 0.0978. The van der Waals surface area contributed by atoms with Crippen LogP contribution >= 0.6 is 0 Å². The number of fused-ring (bicyclic) bond motifs is 1. The van der Waals surface area contributed by atoms with E-state index in [1.165, 1.54) is 0 Å². The second kappa shape index (κ2) is 7.15. The average Bonchev–Trinajstić information content (AvgIpc) is 3.39. The van der Waals surface area contributed by atoms with Crippen molar-refractivity contribution in [1.29, 1.82) is 5.26 Å². The van der Waals surface area contributed by atoms with Crippen molar-refractivity contribution in [3.63, 3.8) is 0 Å². The van der Waals surface area contributed by atoms with E-state index < -0.39 is 0 Å². The van der Waals surface area contributed by atoms with E-state index in [2.05, 4.69) is 21.7 Å². The van der Waals surface area contributed by atoms with Gasteiger partial charge >= 0.3 is 0 Å². The summed E-state index contributed by atoms with van der Waals surface area (Å²) in [6, 6.07) is 24.8. The van der Waals surface area contributed by atoms with Crippen LogP contribution in [-0.4, -0.2) is 20.9 Å². The number of hydrogen-bond donors (Lipinski definition) is 1. The highest BCUT2D eigenvalue weighted by atomic mass is 16.2. The number of aromatic nitrogens is 3. The van der Waals surface area contributed by atoms with Gasteiger partial charge in [-0.15, -0.1) is 5.10 Å². The van der Waals surface area contributed by atoms with Crippen LogP contribution in [-0.2, 0) is 4.79 Å². The van der Waals surface area contributed by atoms with Crippen molar-refractivity contribution in [1.82, 2.24) is 15.0 Å². The number of hydrogen-bond acceptors (Lipinski definition) is 4. The number of nitriles is 1. The molecule has 0 atom stereocenters. The van der Waals surface area contributed by atoms with Crippen LogP contribution in [0.4, 0.5) is 5.69 Å². The first-order valence-corrected chi connectivity index (χ1v) is 9.38. The van der Waals surface area contributed by atoms with Gasteiger partial charge in [0.25, 0.3) is 5.91 Å². The number of rotatable bonds is 3. The summed E-state index contributed by atoms with van der Waals surface area (Å²) in [4.78, 5) is 12.3. The van der Waals surface area contributed by atoms with Gasteiger partial charge in [-0.3, -0.25) is 4.79 Å². The molecule has 0 aliphatic carbocycles. The van der Waals surface area contributed by atoms with Gasteiger partial charge in [-0.05, 0) is 29.8 Å². The Morgan fingerprint density at radius 1 is 0.967 bits per heavy atom. The zero-order valence-corrected chi connectivity index (χ0v) is 15.8. The van der Waals surface area contributed by atoms with E-state index in [0.717, 1.165) is 22.4 Å². The van der Waals surface area contributed by atoms with Crippen molar-refractivity contribution in [3.8, 4) is 23.0 Å². The quantitative estimate of drug-likeness (QED) is 0.530. The van der Waals surface area contributed by atoms with Gasteiger partial charge in [0.05, 0.1) is 17.4 Å². The zero-order valence-electron chi connectivity index (χ0n) is 15.8. The van der Waals surface area contributed by atoms with Gasteiger partial charge in [-0.1, -0.05) is 59.8 Å². The summed E-state index contributed by atoms with van der Waals surface area (Å²) in [6.07, 6.45) is 3.68. The Balaban J connectivity index is 1.44. The molecule has 0 saturated heterocycles. The van der Waals surface area contributed by atoms with Crippen molar-refractivity contribution in [2.45, 2.75) is 0 Å². The topological polar surface area (TPSA) is 83.6 Å². The number of anilines is 1. The molecule has 0 radical (unpaired) electrons. The summed E-state index contributed by atoms with van der Waals surface area (Å²) in [7, 11) is 0. The fourth-order valence-electron chi connectivity index (χ4n) is 3.48. The Bertz CT molecular complexity index is 1340. The van der Waals surface area contributed by atoms with Gasteiger partial charge < -0.3 is 5.32 Å². The van der Waals surface area contributed by atoms with E-state index in [0.29, 0.717) is 22.5 Å². The molecular formula is C24H15N5O. The van der Waals surface area contributed by atoms with E-state index >= 15 is 0 Å². The van der Waals surface area contributed by atoms with Gasteiger partial charge in [0, 0.05) is 22.4 Å². The first kappa shape index (κ1) is 17.6. The molecule has 0 saturated carbocycles. The molecule has 3 aromatic carbocycles. The fourth-order valence-corrected chi connectivity index (χ4v) is 3.48. The molecule has 6 nitrogen and oxygen atoms in total. The fraction of sp³-hybridized carbons (Fsp3) is 0. The lowest BCUT2D eigenvalue weighted by Crippen LogP contribution is -2.03. The van der Waals surface area contributed by atoms with E-state index in [9.17, 15) is 10.1 Å². The molecule has 0 spiro atoms. The molecule has 1 aromatic heterocycles. The molecule has 142 valence electrons. The third-order valence-corrected chi connectivity index (χ3v) is 4.99. The number of nitrogens with one attached hydrogen (secondary N) is 1. The molecule has 4 aromatic rings. The van der Waals surface area contributed by atoms with Gasteiger partial charge in [-0.25, -0.2) is 4.68 Å². The average molecular weight is 389 g/mol. The number of para-hydroxylation sites is 2. The van der Waals surface area contributed by atoms with Crippen molar-refractivity contribution in [2.24, 2.45) is 0 Å². The van der Waals surface area contributed by atoms with Crippen LogP contribution in [0.5, 0.6) is 0 Å². The van der Waals surface area contributed by atoms with Crippen molar-refractivity contribution in [2.75, 3.05) is 5.32 Å². The van der Waals surface area contributed by atoms with Crippen molar-refractivity contribution >= 4 is 23.2 Å². The molecule has 1 aliphatic rings. The number of benzene rings is 3. The molecule has 2 heterocycles. The highest BCUT2D eigenvalue weighted by Gasteiger charge is 2.23. The number of amides is 1. The van der Waals surface area contributed by atoms with Gasteiger partial charge in [-0.2, -0.15) is 5.26 Å². The van der Waals surface area contributed by atoms with Crippen molar-refractivity contribution < 1.29 is 4.79 Å². The van der Waals surface area contributed by atoms with Crippen LogP contribution in [0.25, 0.3) is 28.6 Å². The summed E-state index contributed by atoms with van der Waals surface area (Å²) in [5.74, 6) is -0.0978. The normalized spacial score (nSPS) is 13.7. The molecule has 30 heavy (non-hydrogen) atoms. The Hall–Kier alpha value is -4.50. The lowest BCUT2D eigenvalue weighted by molar-refractivity contribution is -0.110. The van der Waals surface area contributed by atoms with Crippen LogP contribution in [0.1, 0.15) is 16.7 Å². The number of nitrogens with zero attached hydrogens (tertiary/aromatic N) is 4. The molecule has 0 fully saturated rings. The maximum atomic E-state index is 12.3. The molecule has 1 aliphatic heterocycles. The van der Waals surface area contributed by atoms with Crippen LogP contribution in [0, 0.1) is 11.3 Å². The number of carbonyl (C=O) groups excluding carboxylic acids is 1. The molecule has 5 rings (SSSR count). The highest BCUT2D eigenvalue weighted by Crippen LogP contribution is 2.32. The van der Waals surface area contributed by atoms with Gasteiger partial charge in [0.15, 0.2) is 0 Å². The summed E-state index contributed by atoms with van der Waals surface area (Å²) in [5, 5.41) is 20.6. The lowest BCUT2D eigenvalue weighted by atomic mass is 10.0. The Morgan fingerprint density at radius 2 is 1.73 bits per heavy atom. The number of carbonyl (C=O) groups is 1. The molecule has 0 bridgehead atoms. The predicted octanol–water partition coefficient (Wildman–Crippen LogP) is 4.30. The van der Waals surface area contributed by atoms with Crippen LogP contribution in [0.2, 0.25) is 0 Å². The summed E-state index contributed by atoms with van der Waals surface area (Å²) in [6.45, 7) is 0. The monoisotopic (exact) mass is 389 g/mol. The third-order valence-electron chi connectivity index (χ3n) is 4.99. The minimum Gasteiger partial charge on any atom is -0.321 e. The summed E-state index contributed by atoms with van der Waals surface area (Å²) >= 11 is 0. The van der Waals surface area contributed by atoms with Gasteiger partial charge in [0.2, 0.25) is 0 Å². The second-order valence-corrected chi connectivity index (χ2v) is 6.86. The van der Waals surface area contributed by atoms with E-state index in [1.807, 2.05) is 72.8 Å².